The molecule has 0 aliphatic carbocycles. The number of aliphatic carboxylic acids is 1. The molecule has 0 saturated carbocycles. The van der Waals surface area contributed by atoms with Gasteiger partial charge >= 0.3 is 5.97 Å². The van der Waals surface area contributed by atoms with Crippen LogP contribution in [0.4, 0.5) is 0 Å². The molecule has 0 fully saturated rings. The number of halogens is 1. The van der Waals surface area contributed by atoms with Crippen molar-refractivity contribution in [3.05, 3.63) is 23.2 Å². The number of fused-ring (bicyclic) bond motifs is 1. The molecule has 21 heavy (non-hydrogen) atoms. The Morgan fingerprint density at radius 2 is 2.14 bits per heavy atom. The number of rotatable bonds is 7. The Bertz CT molecular complexity index is 638. The number of hydrogen-bond acceptors (Lipinski definition) is 3. The van der Waals surface area contributed by atoms with E-state index < -0.39 is 5.97 Å². The minimum Gasteiger partial charge on any atom is -0.481 e. The number of carboxylic acid groups (broad SMARTS) is 1. The average molecular weight is 327 g/mol. The maximum Gasteiger partial charge on any atom is 0.313 e. The van der Waals surface area contributed by atoms with Crippen molar-refractivity contribution < 1.29 is 9.90 Å². The molecule has 0 radical (unpaired) electrons. The number of aromatic nitrogens is 2. The number of carboxylic acids is 1. The Labute approximate surface area is 133 Å². The largest absolute Gasteiger partial charge is 0.481 e. The third-order valence-corrected chi connectivity index (χ3v) is 4.79. The van der Waals surface area contributed by atoms with Crippen LogP contribution in [0.5, 0.6) is 0 Å². The summed E-state index contributed by atoms with van der Waals surface area (Å²) >= 11 is 7.35. The van der Waals surface area contributed by atoms with Gasteiger partial charge in [0.25, 0.3) is 0 Å². The number of imidazole rings is 1. The Kier molecular flexibility index (Phi) is 5.53. The quantitative estimate of drug-likeness (QED) is 0.771. The fourth-order valence-corrected chi connectivity index (χ4v) is 3.20. The van der Waals surface area contributed by atoms with Crippen LogP contribution in [0.2, 0.25) is 5.02 Å². The first kappa shape index (κ1) is 16.2. The van der Waals surface area contributed by atoms with Crippen molar-refractivity contribution in [2.45, 2.75) is 38.4 Å². The lowest BCUT2D eigenvalue weighted by atomic mass is 10.0. The number of thioether (sulfide) groups is 1. The van der Waals surface area contributed by atoms with E-state index in [4.69, 9.17) is 16.7 Å². The fraction of sp³-hybridized carbons (Fsp3) is 0.467. The van der Waals surface area contributed by atoms with Gasteiger partial charge in [0.1, 0.15) is 0 Å². The number of carbonyl (C=O) groups is 1. The second-order valence-corrected chi connectivity index (χ2v) is 6.38. The van der Waals surface area contributed by atoms with Crippen molar-refractivity contribution in [2.24, 2.45) is 5.92 Å². The van der Waals surface area contributed by atoms with E-state index in [0.717, 1.165) is 35.6 Å². The van der Waals surface area contributed by atoms with Crippen LogP contribution in [0.15, 0.2) is 23.4 Å². The highest BCUT2D eigenvalue weighted by molar-refractivity contribution is 7.99. The summed E-state index contributed by atoms with van der Waals surface area (Å²) in [5, 5.41) is 10.3. The van der Waals surface area contributed by atoms with Crippen molar-refractivity contribution in [3.8, 4) is 0 Å². The molecule has 0 spiro atoms. The van der Waals surface area contributed by atoms with Gasteiger partial charge in [-0.2, -0.15) is 0 Å². The van der Waals surface area contributed by atoms with Crippen LogP contribution >= 0.6 is 23.4 Å². The van der Waals surface area contributed by atoms with Gasteiger partial charge in [-0.15, -0.1) is 0 Å². The van der Waals surface area contributed by atoms with Crippen LogP contribution in [0, 0.1) is 5.92 Å². The Morgan fingerprint density at radius 3 is 2.76 bits per heavy atom. The molecular weight excluding hydrogens is 308 g/mol. The van der Waals surface area contributed by atoms with Crippen molar-refractivity contribution >= 4 is 40.4 Å². The van der Waals surface area contributed by atoms with Gasteiger partial charge in [0.2, 0.25) is 0 Å². The van der Waals surface area contributed by atoms with Gasteiger partial charge in [0.15, 0.2) is 5.16 Å². The van der Waals surface area contributed by atoms with Crippen LogP contribution < -0.4 is 0 Å². The van der Waals surface area contributed by atoms with E-state index in [2.05, 4.69) is 23.4 Å². The highest BCUT2D eigenvalue weighted by atomic mass is 35.5. The first-order valence-electron chi connectivity index (χ1n) is 7.05. The molecule has 1 N–H and O–H groups in total. The normalized spacial score (nSPS) is 11.4. The van der Waals surface area contributed by atoms with Crippen LogP contribution in [0.1, 0.15) is 26.7 Å². The second-order valence-electron chi connectivity index (χ2n) is 5.00. The van der Waals surface area contributed by atoms with Gasteiger partial charge in [-0.05, 0) is 24.1 Å². The van der Waals surface area contributed by atoms with Gasteiger partial charge in [0, 0.05) is 11.6 Å². The molecule has 0 aliphatic heterocycles. The van der Waals surface area contributed by atoms with Gasteiger partial charge < -0.3 is 9.67 Å². The minimum atomic E-state index is -0.834. The molecule has 0 amide bonds. The summed E-state index contributed by atoms with van der Waals surface area (Å²) in [5.41, 5.74) is 1.83. The van der Waals surface area contributed by atoms with Gasteiger partial charge in [-0.1, -0.05) is 50.1 Å². The highest BCUT2D eigenvalue weighted by Crippen LogP contribution is 2.28. The summed E-state index contributed by atoms with van der Waals surface area (Å²) in [4.78, 5) is 15.4. The molecule has 114 valence electrons. The maximum atomic E-state index is 10.8. The summed E-state index contributed by atoms with van der Waals surface area (Å²) in [7, 11) is 0. The smallest absolute Gasteiger partial charge is 0.313 e. The molecule has 2 rings (SSSR count). The van der Waals surface area contributed by atoms with Crippen LogP contribution in [-0.4, -0.2) is 26.4 Å². The Morgan fingerprint density at radius 1 is 1.43 bits per heavy atom. The maximum absolute atomic E-state index is 10.8. The lowest BCUT2D eigenvalue weighted by molar-refractivity contribution is -0.133. The molecule has 0 saturated heterocycles. The van der Waals surface area contributed by atoms with Gasteiger partial charge in [0.05, 0.1) is 16.8 Å². The molecule has 2 aromatic rings. The predicted octanol–water partition coefficient (Wildman–Crippen LogP) is 4.30. The summed E-state index contributed by atoms with van der Waals surface area (Å²) in [6, 6.07) is 5.59. The molecule has 0 bridgehead atoms. The van der Waals surface area contributed by atoms with E-state index in [1.807, 2.05) is 18.2 Å². The zero-order valence-electron chi connectivity index (χ0n) is 12.2. The predicted molar refractivity (Wildman–Crippen MR) is 87.2 cm³/mol. The molecular formula is C15H19ClN2O2S. The van der Waals surface area contributed by atoms with Crippen LogP contribution in [0.25, 0.3) is 11.0 Å². The average Bonchev–Trinajstić information content (AvgIpc) is 2.79. The standard InChI is InChI=1S/C15H19ClN2O2S/c1-3-10(4-2)8-18-13-7-11(16)5-6-12(13)17-15(18)21-9-14(19)20/h5-7,10H,3-4,8-9H2,1-2H3,(H,19,20). The van der Waals surface area contributed by atoms with Crippen molar-refractivity contribution in [3.63, 3.8) is 0 Å². The number of nitrogens with zero attached hydrogens (tertiary/aromatic N) is 2. The SMILES string of the molecule is CCC(CC)Cn1c(SCC(=O)O)nc2ccc(Cl)cc21. The summed E-state index contributed by atoms with van der Waals surface area (Å²) < 4.78 is 2.10. The lowest BCUT2D eigenvalue weighted by Crippen LogP contribution is -2.11. The van der Waals surface area contributed by atoms with Crippen LogP contribution in [0.3, 0.4) is 0 Å². The molecule has 1 aromatic heterocycles. The number of benzene rings is 1. The third-order valence-electron chi connectivity index (χ3n) is 3.60. The summed E-state index contributed by atoms with van der Waals surface area (Å²) in [6.45, 7) is 5.18. The van der Waals surface area contributed by atoms with E-state index >= 15 is 0 Å². The molecule has 1 aromatic carbocycles. The first-order valence-corrected chi connectivity index (χ1v) is 8.41. The Balaban J connectivity index is 2.42. The molecule has 0 atom stereocenters. The van der Waals surface area contributed by atoms with Gasteiger partial charge in [-0.25, -0.2) is 4.98 Å². The molecule has 6 heteroatoms. The molecule has 4 nitrogen and oxygen atoms in total. The molecule has 0 aliphatic rings. The Hall–Kier alpha value is -1.20. The van der Waals surface area contributed by atoms with Crippen molar-refractivity contribution in [1.82, 2.24) is 9.55 Å². The zero-order valence-corrected chi connectivity index (χ0v) is 13.7. The van der Waals surface area contributed by atoms with E-state index in [9.17, 15) is 4.79 Å². The minimum absolute atomic E-state index is 0.0139. The van der Waals surface area contributed by atoms with E-state index in [0.29, 0.717) is 10.9 Å². The monoisotopic (exact) mass is 326 g/mol. The van der Waals surface area contributed by atoms with E-state index in [1.165, 1.54) is 11.8 Å². The van der Waals surface area contributed by atoms with Crippen molar-refractivity contribution in [1.29, 1.82) is 0 Å². The number of hydrogen-bond donors (Lipinski definition) is 1. The lowest BCUT2D eigenvalue weighted by Gasteiger charge is -2.15. The molecule has 0 unspecified atom stereocenters. The van der Waals surface area contributed by atoms with Crippen molar-refractivity contribution in [2.75, 3.05) is 5.75 Å². The summed E-state index contributed by atoms with van der Waals surface area (Å²) in [5.74, 6) is -0.273. The fourth-order valence-electron chi connectivity index (χ4n) is 2.29. The first-order chi connectivity index (χ1) is 10.0. The van der Waals surface area contributed by atoms with E-state index in [1.54, 1.807) is 0 Å². The third kappa shape index (κ3) is 3.92. The van der Waals surface area contributed by atoms with Crippen LogP contribution in [-0.2, 0) is 11.3 Å². The molecule has 1 heterocycles. The topological polar surface area (TPSA) is 55.1 Å². The highest BCUT2D eigenvalue weighted by Gasteiger charge is 2.15. The van der Waals surface area contributed by atoms with E-state index in [-0.39, 0.29) is 5.75 Å². The summed E-state index contributed by atoms with van der Waals surface area (Å²) in [6.07, 6.45) is 2.17. The zero-order chi connectivity index (χ0) is 15.4. The van der Waals surface area contributed by atoms with Gasteiger partial charge in [-0.3, -0.25) is 4.79 Å². The second kappa shape index (κ2) is 7.18.